The summed E-state index contributed by atoms with van der Waals surface area (Å²) < 4.78 is 5.19. The van der Waals surface area contributed by atoms with E-state index in [0.717, 1.165) is 18.8 Å². The molecule has 0 aromatic carbocycles. The molecule has 17 heavy (non-hydrogen) atoms. The van der Waals surface area contributed by atoms with Crippen molar-refractivity contribution in [3.63, 3.8) is 0 Å². The third kappa shape index (κ3) is 3.08. The van der Waals surface area contributed by atoms with E-state index in [2.05, 4.69) is 0 Å². The molecular formula is C12H18N2O3. The van der Waals surface area contributed by atoms with Crippen molar-refractivity contribution in [1.29, 1.82) is 0 Å². The van der Waals surface area contributed by atoms with Gasteiger partial charge in [-0.2, -0.15) is 0 Å². The maximum atomic E-state index is 11.8. The number of rotatable bonds is 5. The molecule has 0 atom stereocenters. The van der Waals surface area contributed by atoms with Crippen LogP contribution < -0.4 is 0 Å². The van der Waals surface area contributed by atoms with Crippen molar-refractivity contribution < 1.29 is 14.3 Å². The largest absolute Gasteiger partial charge is 0.467 e. The van der Waals surface area contributed by atoms with E-state index in [1.54, 1.807) is 18.2 Å². The number of likely N-dealkylation sites (N-methyl/N-ethyl adjacent to an activating group) is 1. The molecule has 0 unspecified atom stereocenters. The topological polar surface area (TPSA) is 56.9 Å². The summed E-state index contributed by atoms with van der Waals surface area (Å²) in [5.41, 5.74) is 0. The summed E-state index contributed by atoms with van der Waals surface area (Å²) in [5, 5.41) is 8.88. The Kier molecular flexibility index (Phi) is 3.81. The van der Waals surface area contributed by atoms with Gasteiger partial charge in [-0.05, 0) is 12.1 Å². The molecule has 0 saturated carbocycles. The summed E-state index contributed by atoms with van der Waals surface area (Å²) in [4.78, 5) is 15.5. The summed E-state index contributed by atoms with van der Waals surface area (Å²) in [5.74, 6) is 1.22. The lowest BCUT2D eigenvalue weighted by atomic mass is 10.0. The Hall–Kier alpha value is -1.33. The lowest BCUT2D eigenvalue weighted by Crippen LogP contribution is -2.52. The van der Waals surface area contributed by atoms with Crippen molar-refractivity contribution in [3.05, 3.63) is 24.2 Å². The number of aliphatic hydroxyl groups is 1. The van der Waals surface area contributed by atoms with Crippen molar-refractivity contribution in [3.8, 4) is 0 Å². The molecule has 1 aliphatic heterocycles. The molecule has 5 nitrogen and oxygen atoms in total. The number of aliphatic hydroxyl groups excluding tert-OH is 1. The van der Waals surface area contributed by atoms with Gasteiger partial charge in [-0.3, -0.25) is 9.69 Å². The van der Waals surface area contributed by atoms with E-state index < -0.39 is 0 Å². The van der Waals surface area contributed by atoms with Gasteiger partial charge in [-0.25, -0.2) is 0 Å². The van der Waals surface area contributed by atoms with Crippen LogP contribution >= 0.6 is 0 Å². The van der Waals surface area contributed by atoms with Crippen LogP contribution in [0.4, 0.5) is 0 Å². The maximum Gasteiger partial charge on any atom is 0.236 e. The molecule has 0 radical (unpaired) electrons. The molecule has 94 valence electrons. The number of carbonyl (C=O) groups is 1. The number of carbonyl (C=O) groups excluding carboxylic acids is 1. The second kappa shape index (κ2) is 5.33. The fourth-order valence-corrected chi connectivity index (χ4v) is 1.96. The molecule has 2 rings (SSSR count). The lowest BCUT2D eigenvalue weighted by Gasteiger charge is -2.38. The first-order chi connectivity index (χ1) is 8.19. The number of hydrogen-bond acceptors (Lipinski definition) is 4. The molecule has 1 aliphatic rings. The van der Waals surface area contributed by atoms with Crippen LogP contribution in [0.2, 0.25) is 0 Å². The van der Waals surface area contributed by atoms with Gasteiger partial charge in [-0.1, -0.05) is 0 Å². The van der Waals surface area contributed by atoms with Gasteiger partial charge >= 0.3 is 0 Å². The van der Waals surface area contributed by atoms with E-state index in [1.165, 1.54) is 0 Å². The lowest BCUT2D eigenvalue weighted by molar-refractivity contribution is -0.133. The Morgan fingerprint density at radius 1 is 1.65 bits per heavy atom. The van der Waals surface area contributed by atoms with E-state index in [9.17, 15) is 4.79 Å². The minimum absolute atomic E-state index is 0.0813. The van der Waals surface area contributed by atoms with Gasteiger partial charge in [0.1, 0.15) is 5.76 Å². The molecule has 0 spiro atoms. The highest BCUT2D eigenvalue weighted by atomic mass is 16.3. The molecule has 1 aromatic heterocycles. The third-order valence-electron chi connectivity index (χ3n) is 3.05. The molecule has 1 amide bonds. The SMILES string of the molecule is CN(Cc1ccco1)C(=O)CN1CC(CO)C1. The van der Waals surface area contributed by atoms with Gasteiger partial charge in [-0.15, -0.1) is 0 Å². The molecule has 1 saturated heterocycles. The molecule has 5 heteroatoms. The van der Waals surface area contributed by atoms with Crippen LogP contribution in [0.3, 0.4) is 0 Å². The Morgan fingerprint density at radius 2 is 2.41 bits per heavy atom. The first-order valence-electron chi connectivity index (χ1n) is 5.78. The smallest absolute Gasteiger partial charge is 0.236 e. The number of likely N-dealkylation sites (tertiary alicyclic amines) is 1. The average molecular weight is 238 g/mol. The number of nitrogens with zero attached hydrogens (tertiary/aromatic N) is 2. The third-order valence-corrected chi connectivity index (χ3v) is 3.05. The van der Waals surface area contributed by atoms with E-state index in [4.69, 9.17) is 9.52 Å². The van der Waals surface area contributed by atoms with Crippen LogP contribution in [0.1, 0.15) is 5.76 Å². The van der Waals surface area contributed by atoms with Crippen LogP contribution in [0, 0.1) is 5.92 Å². The monoisotopic (exact) mass is 238 g/mol. The fourth-order valence-electron chi connectivity index (χ4n) is 1.96. The molecule has 1 fully saturated rings. The zero-order valence-electron chi connectivity index (χ0n) is 10.0. The molecule has 1 N–H and O–H groups in total. The number of amides is 1. The highest BCUT2D eigenvalue weighted by molar-refractivity contribution is 5.78. The Labute approximate surface area is 101 Å². The zero-order valence-corrected chi connectivity index (χ0v) is 10.0. The van der Waals surface area contributed by atoms with Crippen molar-refractivity contribution >= 4 is 5.91 Å². The first kappa shape index (κ1) is 12.1. The van der Waals surface area contributed by atoms with Crippen LogP contribution in [-0.4, -0.2) is 54.1 Å². The maximum absolute atomic E-state index is 11.8. The van der Waals surface area contributed by atoms with Gasteiger partial charge in [0.15, 0.2) is 0 Å². The van der Waals surface area contributed by atoms with E-state index >= 15 is 0 Å². The van der Waals surface area contributed by atoms with Crippen LogP contribution in [-0.2, 0) is 11.3 Å². The molecule has 0 bridgehead atoms. The average Bonchev–Trinajstić information content (AvgIpc) is 2.74. The van der Waals surface area contributed by atoms with Crippen LogP contribution in [0.25, 0.3) is 0 Å². The minimum atomic E-state index is 0.0813. The van der Waals surface area contributed by atoms with E-state index in [1.807, 2.05) is 17.0 Å². The van der Waals surface area contributed by atoms with Crippen molar-refractivity contribution in [1.82, 2.24) is 9.80 Å². The Morgan fingerprint density at radius 3 is 3.00 bits per heavy atom. The fraction of sp³-hybridized carbons (Fsp3) is 0.583. The Bertz CT molecular complexity index is 358. The predicted octanol–water partition coefficient (Wildman–Crippen LogP) is 0.162. The first-order valence-corrected chi connectivity index (χ1v) is 5.78. The quantitative estimate of drug-likeness (QED) is 0.794. The highest BCUT2D eigenvalue weighted by Gasteiger charge is 2.28. The van der Waals surface area contributed by atoms with Gasteiger partial charge < -0.3 is 14.4 Å². The van der Waals surface area contributed by atoms with E-state index in [0.29, 0.717) is 19.0 Å². The second-order valence-electron chi connectivity index (χ2n) is 4.57. The molecule has 0 aliphatic carbocycles. The second-order valence-corrected chi connectivity index (χ2v) is 4.57. The van der Waals surface area contributed by atoms with Crippen molar-refractivity contribution in [2.45, 2.75) is 6.54 Å². The van der Waals surface area contributed by atoms with Crippen molar-refractivity contribution in [2.75, 3.05) is 33.3 Å². The minimum Gasteiger partial charge on any atom is -0.467 e. The number of furan rings is 1. The molecule has 1 aromatic rings. The summed E-state index contributed by atoms with van der Waals surface area (Å²) in [6.07, 6.45) is 1.61. The van der Waals surface area contributed by atoms with Crippen LogP contribution in [0.5, 0.6) is 0 Å². The zero-order chi connectivity index (χ0) is 12.3. The summed E-state index contributed by atoms with van der Waals surface area (Å²) in [6.45, 7) is 2.78. The summed E-state index contributed by atoms with van der Waals surface area (Å²) in [6, 6.07) is 3.67. The van der Waals surface area contributed by atoms with E-state index in [-0.39, 0.29) is 12.5 Å². The van der Waals surface area contributed by atoms with Gasteiger partial charge in [0, 0.05) is 32.7 Å². The molecular weight excluding hydrogens is 220 g/mol. The van der Waals surface area contributed by atoms with Crippen LogP contribution in [0.15, 0.2) is 22.8 Å². The Balaban J connectivity index is 1.73. The molecule has 2 heterocycles. The number of hydrogen-bond donors (Lipinski definition) is 1. The standard InChI is InChI=1S/C12H18N2O3/c1-13(7-11-3-2-4-17-11)12(16)8-14-5-10(6-14)9-15/h2-4,10,15H,5-9H2,1H3. The van der Waals surface area contributed by atoms with Gasteiger partial charge in [0.2, 0.25) is 5.91 Å². The van der Waals surface area contributed by atoms with Gasteiger partial charge in [0.05, 0.1) is 19.4 Å². The highest BCUT2D eigenvalue weighted by Crippen LogP contribution is 2.14. The van der Waals surface area contributed by atoms with Gasteiger partial charge in [0.25, 0.3) is 0 Å². The predicted molar refractivity (Wildman–Crippen MR) is 62.2 cm³/mol. The summed E-state index contributed by atoms with van der Waals surface area (Å²) in [7, 11) is 1.77. The summed E-state index contributed by atoms with van der Waals surface area (Å²) >= 11 is 0. The normalized spacial score (nSPS) is 16.8. The van der Waals surface area contributed by atoms with Crippen molar-refractivity contribution in [2.24, 2.45) is 5.92 Å².